The number of hydrogen-bond acceptors (Lipinski definition) is 6. The summed E-state index contributed by atoms with van der Waals surface area (Å²) in [5.41, 5.74) is 0.467. The Balaban J connectivity index is 1.95. The summed E-state index contributed by atoms with van der Waals surface area (Å²) in [6.45, 7) is 1.54. The van der Waals surface area contributed by atoms with E-state index in [1.807, 2.05) is 0 Å². The molecule has 3 rings (SSSR count). The Morgan fingerprint density at radius 2 is 2.36 bits per heavy atom. The zero-order chi connectivity index (χ0) is 15.7. The van der Waals surface area contributed by atoms with Crippen molar-refractivity contribution in [3.8, 4) is 0 Å². The maximum Gasteiger partial charge on any atom is 0.373 e. The molecule has 0 aliphatic carbocycles. The van der Waals surface area contributed by atoms with Crippen LogP contribution >= 0.6 is 0 Å². The number of hydrogen-bond donors (Lipinski definition) is 0. The molecule has 1 saturated heterocycles. The first-order chi connectivity index (χ1) is 10.5. The predicted octanol–water partition coefficient (Wildman–Crippen LogP) is 1.34. The van der Waals surface area contributed by atoms with Gasteiger partial charge in [0.25, 0.3) is 0 Å². The number of rotatable bonds is 3. The van der Waals surface area contributed by atoms with E-state index in [1.165, 1.54) is 15.6 Å². The smallest absolute Gasteiger partial charge is 0.373 e. The molecule has 0 N–H and O–H groups in total. The van der Waals surface area contributed by atoms with Crippen molar-refractivity contribution in [2.24, 2.45) is 0 Å². The second kappa shape index (κ2) is 5.48. The second-order valence-corrected chi connectivity index (χ2v) is 4.74. The number of carbonyl (C=O) groups excluding carboxylic acids is 1. The zero-order valence-corrected chi connectivity index (χ0v) is 11.8. The number of morpholine rings is 1. The van der Waals surface area contributed by atoms with Crippen molar-refractivity contribution in [2.75, 3.05) is 31.2 Å². The Kier molecular flexibility index (Phi) is 3.65. The van der Waals surface area contributed by atoms with E-state index in [-0.39, 0.29) is 24.4 Å². The largest absolute Gasteiger partial charge is 0.462 e. The van der Waals surface area contributed by atoms with Crippen LogP contribution in [0.2, 0.25) is 0 Å². The zero-order valence-electron chi connectivity index (χ0n) is 11.8. The number of aromatic nitrogens is 3. The van der Waals surface area contributed by atoms with Gasteiger partial charge in [-0.1, -0.05) is 0 Å². The highest BCUT2D eigenvalue weighted by atomic mass is 19.3. The van der Waals surface area contributed by atoms with Gasteiger partial charge in [0.2, 0.25) is 0 Å². The number of halogens is 2. The van der Waals surface area contributed by atoms with E-state index in [4.69, 9.17) is 4.74 Å². The SMILES string of the molecule is CCOC(=O)c1cnn2ccc(N3CCOC(F)(F)C3)nc12. The molecule has 1 fully saturated rings. The van der Waals surface area contributed by atoms with E-state index in [0.717, 1.165) is 0 Å². The summed E-state index contributed by atoms with van der Waals surface area (Å²) in [4.78, 5) is 17.5. The van der Waals surface area contributed by atoms with Gasteiger partial charge in [0, 0.05) is 12.7 Å². The third-order valence-corrected chi connectivity index (χ3v) is 3.22. The van der Waals surface area contributed by atoms with E-state index in [2.05, 4.69) is 14.8 Å². The van der Waals surface area contributed by atoms with Gasteiger partial charge in [-0.05, 0) is 13.0 Å². The van der Waals surface area contributed by atoms with E-state index in [9.17, 15) is 13.6 Å². The van der Waals surface area contributed by atoms with Crippen LogP contribution in [-0.2, 0) is 9.47 Å². The van der Waals surface area contributed by atoms with Gasteiger partial charge in [-0.3, -0.25) is 0 Å². The quantitative estimate of drug-likeness (QED) is 0.797. The minimum atomic E-state index is -3.21. The van der Waals surface area contributed by atoms with Gasteiger partial charge in [-0.25, -0.2) is 14.3 Å². The van der Waals surface area contributed by atoms with E-state index >= 15 is 0 Å². The normalized spacial score (nSPS) is 17.7. The summed E-state index contributed by atoms with van der Waals surface area (Å²) < 4.78 is 37.4. The molecule has 118 valence electrons. The van der Waals surface area contributed by atoms with E-state index in [0.29, 0.717) is 12.4 Å². The van der Waals surface area contributed by atoms with Crippen LogP contribution in [0.15, 0.2) is 18.5 Å². The molecule has 0 unspecified atom stereocenters. The summed E-state index contributed by atoms with van der Waals surface area (Å²) in [5.74, 6) is -0.212. The van der Waals surface area contributed by atoms with Crippen molar-refractivity contribution in [3.05, 3.63) is 24.0 Å². The molecule has 0 saturated carbocycles. The Morgan fingerprint density at radius 3 is 3.09 bits per heavy atom. The molecule has 0 radical (unpaired) electrons. The van der Waals surface area contributed by atoms with Crippen LogP contribution in [0.1, 0.15) is 17.3 Å². The van der Waals surface area contributed by atoms with Gasteiger partial charge >= 0.3 is 12.1 Å². The number of fused-ring (bicyclic) bond motifs is 1. The molecule has 2 aromatic heterocycles. The summed E-state index contributed by atoms with van der Waals surface area (Å²) in [5, 5.41) is 4.00. The highest BCUT2D eigenvalue weighted by molar-refractivity contribution is 5.95. The van der Waals surface area contributed by atoms with Gasteiger partial charge in [-0.2, -0.15) is 13.9 Å². The number of nitrogens with zero attached hydrogens (tertiary/aromatic N) is 4. The molecule has 1 aliphatic heterocycles. The molecule has 22 heavy (non-hydrogen) atoms. The fraction of sp³-hybridized carbons (Fsp3) is 0.462. The lowest BCUT2D eigenvalue weighted by atomic mass is 10.3. The van der Waals surface area contributed by atoms with Crippen LogP contribution in [0.4, 0.5) is 14.6 Å². The molecule has 7 nitrogen and oxygen atoms in total. The summed E-state index contributed by atoms with van der Waals surface area (Å²) in [6, 6.07) is 1.57. The summed E-state index contributed by atoms with van der Waals surface area (Å²) >= 11 is 0. The Hall–Kier alpha value is -2.29. The minimum Gasteiger partial charge on any atom is -0.462 e. The van der Waals surface area contributed by atoms with Gasteiger partial charge in [0.05, 0.1) is 19.4 Å². The first-order valence-electron chi connectivity index (χ1n) is 6.78. The molecule has 0 aromatic carbocycles. The third kappa shape index (κ3) is 2.71. The first kappa shape index (κ1) is 14.6. The van der Waals surface area contributed by atoms with Crippen LogP contribution < -0.4 is 4.90 Å². The topological polar surface area (TPSA) is 69.0 Å². The van der Waals surface area contributed by atoms with Crippen molar-refractivity contribution >= 4 is 17.4 Å². The van der Waals surface area contributed by atoms with Crippen LogP contribution in [0.5, 0.6) is 0 Å². The number of alkyl halides is 2. The Labute approximate surface area is 124 Å². The van der Waals surface area contributed by atoms with Gasteiger partial charge in [-0.15, -0.1) is 0 Å². The molecule has 1 aliphatic rings. The number of esters is 1. The lowest BCUT2D eigenvalue weighted by Crippen LogP contribution is -2.47. The van der Waals surface area contributed by atoms with Crippen LogP contribution in [0, 0.1) is 0 Å². The molecule has 3 heterocycles. The highest BCUT2D eigenvalue weighted by Gasteiger charge is 2.37. The Bertz CT molecular complexity index is 704. The average molecular weight is 312 g/mol. The fourth-order valence-corrected chi connectivity index (χ4v) is 2.24. The molecule has 0 bridgehead atoms. The lowest BCUT2D eigenvalue weighted by Gasteiger charge is -2.32. The summed E-state index contributed by atoms with van der Waals surface area (Å²) in [6.07, 6.45) is -0.303. The minimum absolute atomic E-state index is 0.0934. The molecule has 0 spiro atoms. The molecule has 2 aromatic rings. The molecular weight excluding hydrogens is 298 g/mol. The van der Waals surface area contributed by atoms with Crippen molar-refractivity contribution in [2.45, 2.75) is 13.0 Å². The van der Waals surface area contributed by atoms with Crippen LogP contribution in [-0.4, -0.2) is 53.0 Å². The molecule has 0 amide bonds. The lowest BCUT2D eigenvalue weighted by molar-refractivity contribution is -0.240. The van der Waals surface area contributed by atoms with Crippen molar-refractivity contribution in [1.29, 1.82) is 0 Å². The maximum absolute atomic E-state index is 13.3. The Morgan fingerprint density at radius 1 is 1.55 bits per heavy atom. The van der Waals surface area contributed by atoms with E-state index in [1.54, 1.807) is 19.2 Å². The van der Waals surface area contributed by atoms with Crippen LogP contribution in [0.3, 0.4) is 0 Å². The average Bonchev–Trinajstić information content (AvgIpc) is 2.89. The molecular formula is C13H14F2N4O3. The maximum atomic E-state index is 13.3. The van der Waals surface area contributed by atoms with Crippen molar-refractivity contribution in [3.63, 3.8) is 0 Å². The molecule has 9 heteroatoms. The monoisotopic (exact) mass is 312 g/mol. The number of carbonyl (C=O) groups is 1. The van der Waals surface area contributed by atoms with E-state index < -0.39 is 18.6 Å². The summed E-state index contributed by atoms with van der Waals surface area (Å²) in [7, 11) is 0. The van der Waals surface area contributed by atoms with Gasteiger partial charge in [0.1, 0.15) is 17.9 Å². The highest BCUT2D eigenvalue weighted by Crippen LogP contribution is 2.25. The van der Waals surface area contributed by atoms with Gasteiger partial charge in [0.15, 0.2) is 5.65 Å². The number of anilines is 1. The first-order valence-corrected chi connectivity index (χ1v) is 6.78. The molecule has 0 atom stereocenters. The fourth-order valence-electron chi connectivity index (χ4n) is 2.24. The standard InChI is InChI=1S/C13H14F2N4O3/c1-2-21-12(20)9-7-16-19-4-3-10(17-11(9)19)18-5-6-22-13(14,15)8-18/h3-4,7H,2,5-6,8H2,1H3. The predicted molar refractivity (Wildman–Crippen MR) is 72.1 cm³/mol. The van der Waals surface area contributed by atoms with Crippen molar-refractivity contribution in [1.82, 2.24) is 14.6 Å². The van der Waals surface area contributed by atoms with Gasteiger partial charge < -0.3 is 14.4 Å². The van der Waals surface area contributed by atoms with Crippen molar-refractivity contribution < 1.29 is 23.0 Å². The third-order valence-electron chi connectivity index (χ3n) is 3.22. The second-order valence-electron chi connectivity index (χ2n) is 4.74. The number of ether oxygens (including phenoxy) is 2. The van der Waals surface area contributed by atoms with Crippen LogP contribution in [0.25, 0.3) is 5.65 Å².